The summed E-state index contributed by atoms with van der Waals surface area (Å²) in [5.41, 5.74) is 5.83. The number of hydrogen-bond acceptors (Lipinski definition) is 3. The van der Waals surface area contributed by atoms with Gasteiger partial charge in [0, 0.05) is 0 Å². The quantitative estimate of drug-likeness (QED) is 0.694. The number of amides is 1. The van der Waals surface area contributed by atoms with Gasteiger partial charge < -0.3 is 16.2 Å². The lowest BCUT2D eigenvalue weighted by atomic mass is 10.0. The maximum atomic E-state index is 11.7. The third kappa shape index (κ3) is 4.54. The van der Waals surface area contributed by atoms with Gasteiger partial charge in [0.2, 0.25) is 5.91 Å². The van der Waals surface area contributed by atoms with Crippen molar-refractivity contribution in [3.8, 4) is 0 Å². The largest absolute Gasteiger partial charge is 0.394 e. The van der Waals surface area contributed by atoms with Crippen LogP contribution in [0.3, 0.4) is 0 Å². The summed E-state index contributed by atoms with van der Waals surface area (Å²) in [4.78, 5) is 11.7. The molecule has 4 N–H and O–H groups in total. The number of carbonyl (C=O) groups excluding carboxylic acids is 1. The Kier molecular flexibility index (Phi) is 4.66. The lowest BCUT2D eigenvalue weighted by Gasteiger charge is -2.23. The molecule has 0 saturated carbocycles. The molecule has 0 heterocycles. The van der Waals surface area contributed by atoms with E-state index >= 15 is 0 Å². The Morgan fingerprint density at radius 2 is 2.00 bits per heavy atom. The van der Waals surface area contributed by atoms with Crippen molar-refractivity contribution in [3.63, 3.8) is 0 Å². The third-order valence-electron chi connectivity index (χ3n) is 2.47. The maximum absolute atomic E-state index is 11.7. The first-order valence-corrected chi connectivity index (χ1v) is 5.68. The van der Waals surface area contributed by atoms with Crippen molar-refractivity contribution >= 4 is 5.91 Å². The van der Waals surface area contributed by atoms with Crippen LogP contribution < -0.4 is 11.1 Å². The molecule has 0 fully saturated rings. The first-order chi connectivity index (χ1) is 7.93. The first-order valence-electron chi connectivity index (χ1n) is 5.68. The first kappa shape index (κ1) is 13.7. The van der Waals surface area contributed by atoms with Gasteiger partial charge in [0.25, 0.3) is 0 Å². The number of hydrogen-bond donors (Lipinski definition) is 3. The minimum absolute atomic E-state index is 0.100. The van der Waals surface area contributed by atoms with E-state index in [2.05, 4.69) is 5.32 Å². The van der Waals surface area contributed by atoms with E-state index in [0.717, 1.165) is 5.56 Å². The zero-order valence-corrected chi connectivity index (χ0v) is 10.3. The van der Waals surface area contributed by atoms with Crippen molar-refractivity contribution in [3.05, 3.63) is 35.9 Å². The van der Waals surface area contributed by atoms with Crippen molar-refractivity contribution < 1.29 is 9.90 Å². The molecule has 0 spiro atoms. The van der Waals surface area contributed by atoms with Crippen LogP contribution in [0.4, 0.5) is 0 Å². The van der Waals surface area contributed by atoms with Gasteiger partial charge in [-0.1, -0.05) is 30.3 Å². The Balaban J connectivity index is 2.59. The van der Waals surface area contributed by atoms with Gasteiger partial charge in [-0.05, 0) is 25.8 Å². The number of aliphatic hydroxyl groups excluding tert-OH is 1. The van der Waals surface area contributed by atoms with Crippen LogP contribution in [0.5, 0.6) is 0 Å². The molecule has 0 aromatic heterocycles. The van der Waals surface area contributed by atoms with Crippen molar-refractivity contribution in [2.45, 2.75) is 31.8 Å². The molecule has 1 rings (SSSR count). The monoisotopic (exact) mass is 236 g/mol. The number of nitrogens with two attached hydrogens (primary N) is 1. The second-order valence-electron chi connectivity index (χ2n) is 4.76. The molecular formula is C13H20N2O2. The van der Waals surface area contributed by atoms with Gasteiger partial charge >= 0.3 is 0 Å². The highest BCUT2D eigenvalue weighted by molar-refractivity contribution is 5.85. The molecule has 0 aliphatic rings. The molecule has 94 valence electrons. The minimum Gasteiger partial charge on any atom is -0.394 e. The average Bonchev–Trinajstić information content (AvgIpc) is 2.28. The van der Waals surface area contributed by atoms with E-state index in [4.69, 9.17) is 5.73 Å². The Morgan fingerprint density at radius 1 is 1.41 bits per heavy atom. The SMILES string of the molecule is CC(C)(N)C(=O)N[C@H](CO)Cc1ccccc1. The van der Waals surface area contributed by atoms with E-state index in [1.807, 2.05) is 30.3 Å². The van der Waals surface area contributed by atoms with Crippen molar-refractivity contribution in [2.75, 3.05) is 6.61 Å². The smallest absolute Gasteiger partial charge is 0.239 e. The standard InChI is InChI=1S/C13H20N2O2/c1-13(2,14)12(17)15-11(9-16)8-10-6-4-3-5-7-10/h3-7,11,16H,8-9,14H2,1-2H3,(H,15,17)/t11-/m0/s1. The highest BCUT2D eigenvalue weighted by atomic mass is 16.3. The predicted molar refractivity (Wildman–Crippen MR) is 67.4 cm³/mol. The molecule has 0 unspecified atom stereocenters. The molecule has 0 aliphatic heterocycles. The second-order valence-corrected chi connectivity index (χ2v) is 4.76. The zero-order chi connectivity index (χ0) is 12.9. The number of rotatable bonds is 5. The third-order valence-corrected chi connectivity index (χ3v) is 2.47. The van der Waals surface area contributed by atoms with E-state index < -0.39 is 5.54 Å². The van der Waals surface area contributed by atoms with Crippen LogP contribution in [0, 0.1) is 0 Å². The van der Waals surface area contributed by atoms with Crippen LogP contribution in [0.25, 0.3) is 0 Å². The molecule has 1 aromatic carbocycles. The molecule has 1 atom stereocenters. The average molecular weight is 236 g/mol. The fourth-order valence-corrected chi connectivity index (χ4v) is 1.43. The Morgan fingerprint density at radius 3 is 2.47 bits per heavy atom. The van der Waals surface area contributed by atoms with E-state index in [-0.39, 0.29) is 18.6 Å². The normalized spacial score (nSPS) is 13.2. The van der Waals surface area contributed by atoms with Crippen LogP contribution in [-0.4, -0.2) is 29.2 Å². The molecule has 0 saturated heterocycles. The van der Waals surface area contributed by atoms with Gasteiger partial charge in [-0.3, -0.25) is 4.79 Å². The van der Waals surface area contributed by atoms with E-state index in [0.29, 0.717) is 6.42 Å². The van der Waals surface area contributed by atoms with Gasteiger partial charge in [-0.25, -0.2) is 0 Å². The number of benzene rings is 1. The topological polar surface area (TPSA) is 75.4 Å². The van der Waals surface area contributed by atoms with Gasteiger partial charge in [-0.15, -0.1) is 0 Å². The minimum atomic E-state index is -0.926. The molecule has 0 bridgehead atoms. The summed E-state index contributed by atoms with van der Waals surface area (Å²) in [5.74, 6) is -0.257. The lowest BCUT2D eigenvalue weighted by Crippen LogP contribution is -2.53. The molecule has 0 aliphatic carbocycles. The summed E-state index contributed by atoms with van der Waals surface area (Å²) in [7, 11) is 0. The second kappa shape index (κ2) is 5.80. The van der Waals surface area contributed by atoms with E-state index in [1.54, 1.807) is 13.8 Å². The fourth-order valence-electron chi connectivity index (χ4n) is 1.43. The summed E-state index contributed by atoms with van der Waals surface area (Å²) in [6.07, 6.45) is 0.596. The van der Waals surface area contributed by atoms with Crippen molar-refractivity contribution in [2.24, 2.45) is 5.73 Å². The molecule has 17 heavy (non-hydrogen) atoms. The van der Waals surface area contributed by atoms with Gasteiger partial charge in [0.05, 0.1) is 18.2 Å². The van der Waals surface area contributed by atoms with Gasteiger partial charge in [0.1, 0.15) is 0 Å². The van der Waals surface area contributed by atoms with Gasteiger partial charge in [-0.2, -0.15) is 0 Å². The highest BCUT2D eigenvalue weighted by Gasteiger charge is 2.24. The summed E-state index contributed by atoms with van der Waals surface area (Å²) in [5, 5.41) is 12.0. The Bertz CT molecular complexity index is 357. The summed E-state index contributed by atoms with van der Waals surface area (Å²) >= 11 is 0. The molecule has 4 heteroatoms. The van der Waals surface area contributed by atoms with E-state index in [9.17, 15) is 9.90 Å². The molecule has 1 aromatic rings. The maximum Gasteiger partial charge on any atom is 0.239 e. The highest BCUT2D eigenvalue weighted by Crippen LogP contribution is 2.04. The summed E-state index contributed by atoms with van der Waals surface area (Å²) < 4.78 is 0. The molecule has 4 nitrogen and oxygen atoms in total. The number of nitrogens with one attached hydrogen (secondary N) is 1. The van der Waals surface area contributed by atoms with Crippen LogP contribution in [-0.2, 0) is 11.2 Å². The Hall–Kier alpha value is -1.39. The van der Waals surface area contributed by atoms with Crippen molar-refractivity contribution in [1.29, 1.82) is 0 Å². The van der Waals surface area contributed by atoms with Crippen molar-refractivity contribution in [1.82, 2.24) is 5.32 Å². The van der Waals surface area contributed by atoms with Crippen LogP contribution in [0.2, 0.25) is 0 Å². The molecule has 0 radical (unpaired) electrons. The molecular weight excluding hydrogens is 216 g/mol. The predicted octanol–water partition coefficient (Wildman–Crippen LogP) is 0.444. The zero-order valence-electron chi connectivity index (χ0n) is 10.3. The van der Waals surface area contributed by atoms with Crippen LogP contribution >= 0.6 is 0 Å². The number of carbonyl (C=O) groups is 1. The summed E-state index contributed by atoms with van der Waals surface area (Å²) in [6, 6.07) is 9.41. The lowest BCUT2D eigenvalue weighted by molar-refractivity contribution is -0.126. The van der Waals surface area contributed by atoms with Crippen LogP contribution in [0.15, 0.2) is 30.3 Å². The van der Waals surface area contributed by atoms with Gasteiger partial charge in [0.15, 0.2) is 0 Å². The van der Waals surface area contributed by atoms with E-state index in [1.165, 1.54) is 0 Å². The van der Waals surface area contributed by atoms with Crippen LogP contribution in [0.1, 0.15) is 19.4 Å². The Labute approximate surface area is 102 Å². The fraction of sp³-hybridized carbons (Fsp3) is 0.462. The molecule has 1 amide bonds. The number of aliphatic hydroxyl groups is 1. The summed E-state index contributed by atoms with van der Waals surface area (Å²) in [6.45, 7) is 3.18.